The highest BCUT2D eigenvalue weighted by Gasteiger charge is 2.26. The van der Waals surface area contributed by atoms with Crippen molar-refractivity contribution < 1.29 is 18.8 Å². The molecule has 1 aliphatic rings. The van der Waals surface area contributed by atoms with E-state index in [2.05, 4.69) is 0 Å². The van der Waals surface area contributed by atoms with Gasteiger partial charge >= 0.3 is 0 Å². The van der Waals surface area contributed by atoms with Crippen LogP contribution in [0.4, 0.5) is 15.8 Å². The van der Waals surface area contributed by atoms with Crippen LogP contribution in [0.5, 0.6) is 5.75 Å². The van der Waals surface area contributed by atoms with E-state index >= 15 is 0 Å². The quantitative estimate of drug-likeness (QED) is 0.579. The molecule has 0 bridgehead atoms. The number of nitro groups is 1. The molecular weight excluding hydrogens is 363 g/mol. The lowest BCUT2D eigenvalue weighted by molar-refractivity contribution is -0.384. The number of aryl methyl sites for hydroxylation is 1. The highest BCUT2D eigenvalue weighted by Crippen LogP contribution is 2.33. The van der Waals surface area contributed by atoms with Crippen molar-refractivity contribution in [3.05, 3.63) is 62.9 Å². The number of halogens is 2. The number of hydrogen-bond donors (Lipinski definition) is 0. The Bertz CT molecular complexity index is 842. The van der Waals surface area contributed by atoms with Crippen LogP contribution in [0.15, 0.2) is 36.4 Å². The third-order valence-electron chi connectivity index (χ3n) is 4.14. The van der Waals surface area contributed by atoms with Crippen molar-refractivity contribution in [2.75, 3.05) is 18.1 Å². The van der Waals surface area contributed by atoms with E-state index in [1.807, 2.05) is 0 Å². The zero-order valence-corrected chi connectivity index (χ0v) is 14.5. The molecule has 0 radical (unpaired) electrons. The van der Waals surface area contributed by atoms with Gasteiger partial charge in [0.15, 0.2) is 0 Å². The first kappa shape index (κ1) is 18.1. The van der Waals surface area contributed by atoms with Crippen molar-refractivity contribution in [3.63, 3.8) is 0 Å². The molecule has 6 nitrogen and oxygen atoms in total. The smallest absolute Gasteiger partial charge is 0.269 e. The molecule has 8 heteroatoms. The van der Waals surface area contributed by atoms with Crippen molar-refractivity contribution in [1.82, 2.24) is 0 Å². The zero-order chi connectivity index (χ0) is 18.7. The van der Waals surface area contributed by atoms with Gasteiger partial charge in [0.25, 0.3) is 5.69 Å². The van der Waals surface area contributed by atoms with E-state index < -0.39 is 10.7 Å². The Morgan fingerprint density at radius 1 is 1.31 bits per heavy atom. The van der Waals surface area contributed by atoms with Gasteiger partial charge in [-0.25, -0.2) is 4.39 Å². The summed E-state index contributed by atoms with van der Waals surface area (Å²) in [7, 11) is 0. The second-order valence-corrected chi connectivity index (χ2v) is 6.33. The first-order chi connectivity index (χ1) is 12.5. The van der Waals surface area contributed by atoms with Gasteiger partial charge in [0, 0.05) is 23.7 Å². The summed E-state index contributed by atoms with van der Waals surface area (Å²) in [6.45, 7) is 0.541. The molecule has 0 saturated carbocycles. The molecule has 2 aromatic carbocycles. The third kappa shape index (κ3) is 3.94. The average Bonchev–Trinajstić information content (AvgIpc) is 2.61. The lowest BCUT2D eigenvalue weighted by Crippen LogP contribution is -2.37. The number of benzene rings is 2. The van der Waals surface area contributed by atoms with Gasteiger partial charge in [-0.1, -0.05) is 11.6 Å². The number of carbonyl (C=O) groups is 1. The van der Waals surface area contributed by atoms with Crippen LogP contribution < -0.4 is 9.64 Å². The molecule has 26 heavy (non-hydrogen) atoms. The predicted octanol–water partition coefficient (Wildman–Crippen LogP) is 4.14. The number of non-ortho nitro benzene ring substituents is 1. The second-order valence-electron chi connectivity index (χ2n) is 5.89. The molecule has 0 aliphatic carbocycles. The van der Waals surface area contributed by atoms with E-state index in [0.717, 1.165) is 12.0 Å². The highest BCUT2D eigenvalue weighted by atomic mass is 35.5. The molecule has 0 N–H and O–H groups in total. The lowest BCUT2D eigenvalue weighted by atomic mass is 10.0. The fourth-order valence-electron chi connectivity index (χ4n) is 2.96. The van der Waals surface area contributed by atoms with E-state index in [1.54, 1.807) is 6.07 Å². The first-order valence-electron chi connectivity index (χ1n) is 8.11. The second kappa shape index (κ2) is 7.70. The summed E-state index contributed by atoms with van der Waals surface area (Å²) in [5.41, 5.74) is 0.986. The van der Waals surface area contributed by atoms with Crippen molar-refractivity contribution in [1.29, 1.82) is 0 Å². The van der Waals surface area contributed by atoms with E-state index in [0.29, 0.717) is 29.4 Å². The van der Waals surface area contributed by atoms with Gasteiger partial charge in [-0.3, -0.25) is 14.9 Å². The van der Waals surface area contributed by atoms with E-state index in [-0.39, 0.29) is 24.6 Å². The number of nitro benzene ring substituents is 1. The minimum absolute atomic E-state index is 0.0347. The van der Waals surface area contributed by atoms with Crippen molar-refractivity contribution in [3.8, 4) is 5.75 Å². The number of rotatable bonds is 5. The maximum atomic E-state index is 14.3. The zero-order valence-electron chi connectivity index (χ0n) is 13.8. The summed E-state index contributed by atoms with van der Waals surface area (Å²) in [6, 6.07) is 8.50. The van der Waals surface area contributed by atoms with Gasteiger partial charge in [0.1, 0.15) is 11.6 Å². The molecular formula is C18H16ClFN2O4. The van der Waals surface area contributed by atoms with E-state index in [4.69, 9.17) is 16.3 Å². The van der Waals surface area contributed by atoms with Gasteiger partial charge in [-0.15, -0.1) is 0 Å². The van der Waals surface area contributed by atoms with Gasteiger partial charge < -0.3 is 9.64 Å². The Balaban J connectivity index is 1.62. The fraction of sp³-hybridized carbons (Fsp3) is 0.278. The Morgan fingerprint density at radius 3 is 2.73 bits per heavy atom. The average molecular weight is 379 g/mol. The molecule has 1 amide bonds. The molecule has 0 aromatic heterocycles. The molecule has 0 fully saturated rings. The Morgan fingerprint density at radius 2 is 2.04 bits per heavy atom. The number of anilines is 1. The summed E-state index contributed by atoms with van der Waals surface area (Å²) in [4.78, 5) is 24.0. The SMILES string of the molecule is O=C(CCOc1ccc([N+](=O)[O-])cc1)N1CCCc2cc(Cl)cc(F)c21. The normalized spacial score (nSPS) is 13.2. The van der Waals surface area contributed by atoms with Gasteiger partial charge in [0.2, 0.25) is 5.91 Å². The Labute approximate surface area is 154 Å². The van der Waals surface area contributed by atoms with Crippen LogP contribution in [0.2, 0.25) is 5.02 Å². The topological polar surface area (TPSA) is 72.7 Å². The predicted molar refractivity (Wildman–Crippen MR) is 95.3 cm³/mol. The molecule has 0 unspecified atom stereocenters. The van der Waals surface area contributed by atoms with Gasteiger partial charge in [-0.2, -0.15) is 0 Å². The summed E-state index contributed by atoms with van der Waals surface area (Å²) in [5.74, 6) is -0.314. The first-order valence-corrected chi connectivity index (χ1v) is 8.49. The number of ether oxygens (including phenoxy) is 1. The summed E-state index contributed by atoms with van der Waals surface area (Å²) < 4.78 is 19.7. The molecule has 3 rings (SSSR count). The van der Waals surface area contributed by atoms with Crippen LogP contribution in [0.3, 0.4) is 0 Å². The monoisotopic (exact) mass is 378 g/mol. The molecule has 0 saturated heterocycles. The maximum Gasteiger partial charge on any atom is 0.269 e. The van der Waals surface area contributed by atoms with E-state index in [9.17, 15) is 19.3 Å². The third-order valence-corrected chi connectivity index (χ3v) is 4.36. The van der Waals surface area contributed by atoms with Crippen LogP contribution in [0.1, 0.15) is 18.4 Å². The number of fused-ring (bicyclic) bond motifs is 1. The fourth-order valence-corrected chi connectivity index (χ4v) is 3.18. The number of amides is 1. The van der Waals surface area contributed by atoms with E-state index in [1.165, 1.54) is 35.2 Å². The largest absolute Gasteiger partial charge is 0.493 e. The summed E-state index contributed by atoms with van der Waals surface area (Å²) >= 11 is 5.89. The van der Waals surface area contributed by atoms with Crippen LogP contribution in [0.25, 0.3) is 0 Å². The van der Waals surface area contributed by atoms with Gasteiger partial charge in [0.05, 0.1) is 23.6 Å². The summed E-state index contributed by atoms with van der Waals surface area (Å²) in [5, 5.41) is 10.9. The number of nitrogens with zero attached hydrogens (tertiary/aromatic N) is 2. The lowest BCUT2D eigenvalue weighted by Gasteiger charge is -2.30. The molecule has 0 atom stereocenters. The van der Waals surface area contributed by atoms with Crippen molar-refractivity contribution in [2.45, 2.75) is 19.3 Å². The van der Waals surface area contributed by atoms with Crippen molar-refractivity contribution in [2.24, 2.45) is 0 Å². The van der Waals surface area contributed by atoms with Crippen molar-refractivity contribution >= 4 is 28.9 Å². The Kier molecular flexibility index (Phi) is 5.37. The minimum Gasteiger partial charge on any atom is -0.493 e. The van der Waals surface area contributed by atoms with Crippen LogP contribution >= 0.6 is 11.6 Å². The molecule has 136 valence electrons. The summed E-state index contributed by atoms with van der Waals surface area (Å²) in [6.07, 6.45) is 1.48. The van der Waals surface area contributed by atoms with Gasteiger partial charge in [-0.05, 0) is 42.7 Å². The van der Waals surface area contributed by atoms with Crippen LogP contribution in [0, 0.1) is 15.9 Å². The molecule has 2 aromatic rings. The van der Waals surface area contributed by atoms with Crippen LogP contribution in [-0.4, -0.2) is 24.0 Å². The van der Waals surface area contributed by atoms with Crippen LogP contribution in [-0.2, 0) is 11.2 Å². The number of carbonyl (C=O) groups excluding carboxylic acids is 1. The molecule has 1 heterocycles. The Hall–Kier alpha value is -2.67. The standard InChI is InChI=1S/C18H16ClFN2O4/c19-13-10-12-2-1-8-21(18(12)16(20)11-13)17(23)7-9-26-15-5-3-14(4-6-15)22(24)25/h3-6,10-11H,1-2,7-9H2. The highest BCUT2D eigenvalue weighted by molar-refractivity contribution is 6.30. The number of hydrogen-bond acceptors (Lipinski definition) is 4. The molecule has 1 aliphatic heterocycles. The minimum atomic E-state index is -0.503. The molecule has 0 spiro atoms. The maximum absolute atomic E-state index is 14.3.